The Morgan fingerprint density at radius 2 is 2.00 bits per heavy atom. The van der Waals surface area contributed by atoms with Crippen LogP contribution in [0, 0.1) is 12.7 Å². The number of halogens is 5. The molecule has 1 amide bonds. The van der Waals surface area contributed by atoms with Crippen LogP contribution in [0.15, 0.2) is 47.0 Å². The number of rotatable bonds is 6. The van der Waals surface area contributed by atoms with E-state index in [0.29, 0.717) is 10.8 Å². The summed E-state index contributed by atoms with van der Waals surface area (Å²) in [4.78, 5) is 16.1. The van der Waals surface area contributed by atoms with Gasteiger partial charge in [-0.2, -0.15) is 13.2 Å². The quantitative estimate of drug-likeness (QED) is 0.506. The largest absolute Gasteiger partial charge is 0.439 e. The van der Waals surface area contributed by atoms with Crippen LogP contribution in [0.4, 0.5) is 23.2 Å². The number of hydrogen-bond donors (Lipinski definition) is 2. The second kappa shape index (κ2) is 8.74. The van der Waals surface area contributed by atoms with Crippen LogP contribution in [0.3, 0.4) is 0 Å². The Bertz CT molecular complexity index is 1070. The molecular weight excluding hydrogens is 426 g/mol. The molecule has 1 aromatic heterocycles. The zero-order chi connectivity index (χ0) is 21.9. The van der Waals surface area contributed by atoms with Crippen molar-refractivity contribution in [3.8, 4) is 11.3 Å². The summed E-state index contributed by atoms with van der Waals surface area (Å²) in [6, 6.07) is 9.15. The minimum Gasteiger partial charge on any atom is -0.439 e. The maximum Gasteiger partial charge on any atom is 0.405 e. The molecule has 1 heterocycles. The van der Waals surface area contributed by atoms with Crippen molar-refractivity contribution in [3.05, 3.63) is 70.5 Å². The molecule has 0 saturated heterocycles. The number of nitrogens with one attached hydrogen (secondary N) is 2. The van der Waals surface area contributed by atoms with E-state index in [2.05, 4.69) is 10.3 Å². The molecule has 0 aliphatic heterocycles. The summed E-state index contributed by atoms with van der Waals surface area (Å²) in [5, 5.41) is 5.14. The standard InChI is InChI=1S/C20H16ClF4N3O2/c1-11-15(22)6-13(19(29)28-10-20(23,24)25)7-16(11)26-9-18-27-8-17(30-18)12-3-2-4-14(21)5-12/h2-8,26H,9-10H2,1H3,(H,28,29). The van der Waals surface area contributed by atoms with Gasteiger partial charge in [0.15, 0.2) is 5.76 Å². The molecule has 10 heteroatoms. The van der Waals surface area contributed by atoms with E-state index in [1.165, 1.54) is 19.2 Å². The lowest BCUT2D eigenvalue weighted by atomic mass is 10.1. The first-order valence-corrected chi connectivity index (χ1v) is 9.10. The van der Waals surface area contributed by atoms with E-state index in [9.17, 15) is 22.4 Å². The Morgan fingerprint density at radius 1 is 1.23 bits per heavy atom. The first kappa shape index (κ1) is 21.6. The van der Waals surface area contributed by atoms with Crippen molar-refractivity contribution in [2.24, 2.45) is 0 Å². The van der Waals surface area contributed by atoms with E-state index >= 15 is 0 Å². The number of carbonyl (C=O) groups is 1. The molecule has 0 fully saturated rings. The molecule has 0 atom stereocenters. The highest BCUT2D eigenvalue weighted by Crippen LogP contribution is 2.25. The number of benzene rings is 2. The van der Waals surface area contributed by atoms with Gasteiger partial charge in [-0.25, -0.2) is 9.37 Å². The van der Waals surface area contributed by atoms with E-state index in [1.807, 2.05) is 0 Å². The number of oxazole rings is 1. The molecule has 0 unspecified atom stereocenters. The number of nitrogens with zero attached hydrogens (tertiary/aromatic N) is 1. The SMILES string of the molecule is Cc1c(F)cc(C(=O)NCC(F)(F)F)cc1NCc1ncc(-c2cccc(Cl)c2)o1. The highest BCUT2D eigenvalue weighted by atomic mass is 35.5. The van der Waals surface area contributed by atoms with Gasteiger partial charge in [0.05, 0.1) is 12.7 Å². The minimum atomic E-state index is -4.56. The minimum absolute atomic E-state index is 0.0640. The lowest BCUT2D eigenvalue weighted by Gasteiger charge is -2.13. The highest BCUT2D eigenvalue weighted by molar-refractivity contribution is 6.30. The summed E-state index contributed by atoms with van der Waals surface area (Å²) in [5.74, 6) is -0.994. The highest BCUT2D eigenvalue weighted by Gasteiger charge is 2.28. The van der Waals surface area contributed by atoms with Crippen LogP contribution in [-0.4, -0.2) is 23.6 Å². The van der Waals surface area contributed by atoms with Gasteiger partial charge < -0.3 is 15.1 Å². The van der Waals surface area contributed by atoms with E-state index in [1.54, 1.807) is 29.6 Å². The Morgan fingerprint density at radius 3 is 2.70 bits per heavy atom. The maximum absolute atomic E-state index is 14.2. The van der Waals surface area contributed by atoms with Crippen LogP contribution >= 0.6 is 11.6 Å². The predicted octanol–water partition coefficient (Wildman–Crippen LogP) is 5.35. The van der Waals surface area contributed by atoms with Gasteiger partial charge in [0, 0.05) is 27.4 Å². The van der Waals surface area contributed by atoms with Crippen molar-refractivity contribution in [2.45, 2.75) is 19.6 Å². The van der Waals surface area contributed by atoms with Gasteiger partial charge in [-0.05, 0) is 31.2 Å². The predicted molar refractivity (Wildman–Crippen MR) is 104 cm³/mol. The van der Waals surface area contributed by atoms with E-state index in [0.717, 1.165) is 11.6 Å². The molecule has 2 aromatic carbocycles. The van der Waals surface area contributed by atoms with Crippen LogP contribution in [-0.2, 0) is 6.54 Å². The second-order valence-corrected chi connectivity index (χ2v) is 6.85. The third-order valence-electron chi connectivity index (χ3n) is 4.15. The second-order valence-electron chi connectivity index (χ2n) is 6.41. The number of anilines is 1. The van der Waals surface area contributed by atoms with Crippen LogP contribution < -0.4 is 10.6 Å². The fourth-order valence-electron chi connectivity index (χ4n) is 2.61. The zero-order valence-corrected chi connectivity index (χ0v) is 16.4. The van der Waals surface area contributed by atoms with E-state index in [-0.39, 0.29) is 29.2 Å². The summed E-state index contributed by atoms with van der Waals surface area (Å²) < 4.78 is 56.7. The molecule has 0 aliphatic rings. The number of hydrogen-bond acceptors (Lipinski definition) is 4. The number of alkyl halides is 3. The van der Waals surface area contributed by atoms with Crippen molar-refractivity contribution in [3.63, 3.8) is 0 Å². The summed E-state index contributed by atoms with van der Waals surface area (Å²) in [7, 11) is 0. The van der Waals surface area contributed by atoms with E-state index < -0.39 is 24.4 Å². The molecule has 0 saturated carbocycles. The molecule has 30 heavy (non-hydrogen) atoms. The monoisotopic (exact) mass is 441 g/mol. The molecule has 3 aromatic rings. The van der Waals surface area contributed by atoms with E-state index in [4.69, 9.17) is 16.0 Å². The van der Waals surface area contributed by atoms with Gasteiger partial charge in [0.25, 0.3) is 5.91 Å². The fourth-order valence-corrected chi connectivity index (χ4v) is 2.80. The molecule has 3 rings (SSSR count). The average molecular weight is 442 g/mol. The fraction of sp³-hybridized carbons (Fsp3) is 0.200. The lowest BCUT2D eigenvalue weighted by Crippen LogP contribution is -2.33. The Hall–Kier alpha value is -3.07. The van der Waals surface area contributed by atoms with Gasteiger partial charge in [-0.3, -0.25) is 4.79 Å². The Labute approximate surface area is 174 Å². The van der Waals surface area contributed by atoms with Crippen molar-refractivity contribution in [2.75, 3.05) is 11.9 Å². The third kappa shape index (κ3) is 5.50. The number of carbonyl (C=O) groups excluding carboxylic acids is 1. The molecule has 0 bridgehead atoms. The molecule has 0 radical (unpaired) electrons. The summed E-state index contributed by atoms with van der Waals surface area (Å²) in [6.07, 6.45) is -3.05. The van der Waals surface area contributed by atoms with Gasteiger partial charge in [0.2, 0.25) is 5.89 Å². The Balaban J connectivity index is 1.72. The summed E-state index contributed by atoms with van der Waals surface area (Å²) in [6.45, 7) is 0.0309. The normalized spacial score (nSPS) is 11.4. The van der Waals surface area contributed by atoms with Crippen LogP contribution in [0.25, 0.3) is 11.3 Å². The van der Waals surface area contributed by atoms with Crippen molar-refractivity contribution < 1.29 is 26.8 Å². The molecule has 158 valence electrons. The van der Waals surface area contributed by atoms with Gasteiger partial charge in [-0.15, -0.1) is 0 Å². The summed E-state index contributed by atoms with van der Waals surface area (Å²) >= 11 is 5.96. The molecule has 2 N–H and O–H groups in total. The van der Waals surface area contributed by atoms with Crippen molar-refractivity contribution in [1.82, 2.24) is 10.3 Å². The van der Waals surface area contributed by atoms with Gasteiger partial charge in [0.1, 0.15) is 12.4 Å². The smallest absolute Gasteiger partial charge is 0.405 e. The zero-order valence-electron chi connectivity index (χ0n) is 15.6. The van der Waals surface area contributed by atoms with Crippen molar-refractivity contribution in [1.29, 1.82) is 0 Å². The lowest BCUT2D eigenvalue weighted by molar-refractivity contribution is -0.123. The molecular formula is C20H16ClF4N3O2. The Kier molecular flexibility index (Phi) is 6.31. The molecule has 0 aliphatic carbocycles. The van der Waals surface area contributed by atoms with Gasteiger partial charge in [-0.1, -0.05) is 23.7 Å². The van der Waals surface area contributed by atoms with Crippen LogP contribution in [0.5, 0.6) is 0 Å². The van der Waals surface area contributed by atoms with Gasteiger partial charge >= 0.3 is 6.18 Å². The first-order chi connectivity index (χ1) is 14.1. The maximum atomic E-state index is 14.2. The molecule has 0 spiro atoms. The molecule has 5 nitrogen and oxygen atoms in total. The average Bonchev–Trinajstić information content (AvgIpc) is 3.15. The van der Waals surface area contributed by atoms with Crippen LogP contribution in [0.2, 0.25) is 5.02 Å². The number of amides is 1. The third-order valence-corrected chi connectivity index (χ3v) is 4.38. The van der Waals surface area contributed by atoms with Crippen molar-refractivity contribution >= 4 is 23.2 Å². The topological polar surface area (TPSA) is 67.2 Å². The van der Waals surface area contributed by atoms with Crippen LogP contribution in [0.1, 0.15) is 21.8 Å². The summed E-state index contributed by atoms with van der Waals surface area (Å²) in [5.41, 5.74) is 0.919. The number of aromatic nitrogens is 1. The first-order valence-electron chi connectivity index (χ1n) is 8.72.